The lowest BCUT2D eigenvalue weighted by molar-refractivity contribution is -0.207. The highest BCUT2D eigenvalue weighted by atomic mass is 16.5. The molecule has 0 aliphatic carbocycles. The van der Waals surface area contributed by atoms with E-state index < -0.39 is 0 Å². The van der Waals surface area contributed by atoms with E-state index in [4.69, 9.17) is 14.9 Å². The van der Waals surface area contributed by atoms with Crippen molar-refractivity contribution in [3.05, 3.63) is 0 Å². The second-order valence-electron chi connectivity index (χ2n) is 3.88. The summed E-state index contributed by atoms with van der Waals surface area (Å²) in [6.45, 7) is 3.32. The Morgan fingerprint density at radius 2 is 2.15 bits per heavy atom. The third-order valence-electron chi connectivity index (χ3n) is 3.21. The van der Waals surface area contributed by atoms with Crippen molar-refractivity contribution >= 4 is 0 Å². The fourth-order valence-corrected chi connectivity index (χ4v) is 2.01. The molecule has 2 N–H and O–H groups in total. The molecule has 0 radical (unpaired) electrons. The topological polar surface area (TPSA) is 49.7 Å². The van der Waals surface area contributed by atoms with Gasteiger partial charge in [0.15, 0.2) is 0 Å². The second-order valence-corrected chi connectivity index (χ2v) is 3.88. The minimum absolute atomic E-state index is 0.0381. The number of rotatable bonds is 6. The summed E-state index contributed by atoms with van der Waals surface area (Å²) >= 11 is 0. The van der Waals surface area contributed by atoms with Crippen LogP contribution in [0.3, 0.4) is 0 Å². The van der Waals surface area contributed by atoms with E-state index in [0.29, 0.717) is 0 Å². The minimum atomic E-state index is 0.0381. The van der Waals surface area contributed by atoms with E-state index in [2.05, 4.69) is 6.92 Å². The van der Waals surface area contributed by atoms with E-state index in [1.54, 1.807) is 0 Å². The zero-order valence-corrected chi connectivity index (χ0v) is 8.33. The zero-order chi connectivity index (χ0) is 9.73. The van der Waals surface area contributed by atoms with E-state index in [1.807, 2.05) is 0 Å². The SMILES string of the molecule is CCC1(CCCCO)COC1CO. The van der Waals surface area contributed by atoms with Crippen molar-refractivity contribution in [2.75, 3.05) is 19.8 Å². The molecular weight excluding hydrogens is 168 g/mol. The maximum atomic E-state index is 9.03. The average molecular weight is 188 g/mol. The van der Waals surface area contributed by atoms with Gasteiger partial charge in [0.25, 0.3) is 0 Å². The summed E-state index contributed by atoms with van der Waals surface area (Å²) < 4.78 is 5.30. The summed E-state index contributed by atoms with van der Waals surface area (Å²) in [6, 6.07) is 0. The van der Waals surface area contributed by atoms with Crippen LogP contribution in [0.5, 0.6) is 0 Å². The number of hydrogen-bond acceptors (Lipinski definition) is 3. The van der Waals surface area contributed by atoms with Gasteiger partial charge in [0.1, 0.15) is 0 Å². The summed E-state index contributed by atoms with van der Waals surface area (Å²) in [5.41, 5.74) is 0.198. The minimum Gasteiger partial charge on any atom is -0.396 e. The highest BCUT2D eigenvalue weighted by Crippen LogP contribution is 2.42. The van der Waals surface area contributed by atoms with Gasteiger partial charge in [-0.3, -0.25) is 0 Å². The Kier molecular flexibility index (Phi) is 4.16. The molecule has 1 heterocycles. The van der Waals surface area contributed by atoms with E-state index >= 15 is 0 Å². The quantitative estimate of drug-likeness (QED) is 0.610. The van der Waals surface area contributed by atoms with Gasteiger partial charge in [-0.1, -0.05) is 13.3 Å². The molecule has 2 unspecified atom stereocenters. The van der Waals surface area contributed by atoms with E-state index in [1.165, 1.54) is 0 Å². The maximum absolute atomic E-state index is 9.03. The molecule has 0 aromatic heterocycles. The Morgan fingerprint density at radius 1 is 1.38 bits per heavy atom. The predicted molar refractivity (Wildman–Crippen MR) is 50.5 cm³/mol. The van der Waals surface area contributed by atoms with Crippen molar-refractivity contribution < 1.29 is 14.9 Å². The van der Waals surface area contributed by atoms with Crippen molar-refractivity contribution in [2.24, 2.45) is 5.41 Å². The van der Waals surface area contributed by atoms with E-state index in [-0.39, 0.29) is 24.7 Å². The smallest absolute Gasteiger partial charge is 0.0883 e. The highest BCUT2D eigenvalue weighted by molar-refractivity contribution is 4.93. The van der Waals surface area contributed by atoms with Crippen molar-refractivity contribution in [1.29, 1.82) is 0 Å². The molecule has 0 aromatic rings. The molecule has 0 amide bonds. The lowest BCUT2D eigenvalue weighted by Crippen LogP contribution is -2.53. The van der Waals surface area contributed by atoms with Gasteiger partial charge in [-0.2, -0.15) is 0 Å². The van der Waals surface area contributed by atoms with Gasteiger partial charge >= 0.3 is 0 Å². The van der Waals surface area contributed by atoms with Crippen LogP contribution in [0.4, 0.5) is 0 Å². The summed E-state index contributed by atoms with van der Waals surface area (Å²) in [7, 11) is 0. The number of ether oxygens (including phenoxy) is 1. The molecule has 1 rings (SSSR count). The fourth-order valence-electron chi connectivity index (χ4n) is 2.01. The first-order chi connectivity index (χ1) is 6.29. The molecule has 1 aliphatic heterocycles. The number of unbranched alkanes of at least 4 members (excludes halogenated alkanes) is 1. The van der Waals surface area contributed by atoms with Crippen molar-refractivity contribution in [3.8, 4) is 0 Å². The van der Waals surface area contributed by atoms with Crippen LogP contribution in [0.15, 0.2) is 0 Å². The van der Waals surface area contributed by atoms with Crippen LogP contribution in [-0.4, -0.2) is 36.1 Å². The third kappa shape index (κ3) is 2.22. The van der Waals surface area contributed by atoms with Gasteiger partial charge in [-0.15, -0.1) is 0 Å². The van der Waals surface area contributed by atoms with Gasteiger partial charge in [-0.05, 0) is 19.3 Å². The van der Waals surface area contributed by atoms with Crippen molar-refractivity contribution in [3.63, 3.8) is 0 Å². The first kappa shape index (κ1) is 11.0. The number of aliphatic hydroxyl groups excluding tert-OH is 2. The van der Waals surface area contributed by atoms with Gasteiger partial charge in [0, 0.05) is 12.0 Å². The Labute approximate surface area is 79.7 Å². The fraction of sp³-hybridized carbons (Fsp3) is 1.00. The van der Waals surface area contributed by atoms with E-state index in [0.717, 1.165) is 32.3 Å². The first-order valence-electron chi connectivity index (χ1n) is 5.12. The molecule has 13 heavy (non-hydrogen) atoms. The molecule has 3 heteroatoms. The Hall–Kier alpha value is -0.120. The Morgan fingerprint density at radius 3 is 2.54 bits per heavy atom. The van der Waals surface area contributed by atoms with Crippen LogP contribution in [0.1, 0.15) is 32.6 Å². The lowest BCUT2D eigenvalue weighted by atomic mass is 9.72. The zero-order valence-electron chi connectivity index (χ0n) is 8.33. The molecule has 0 spiro atoms. The summed E-state index contributed by atoms with van der Waals surface area (Å²) in [4.78, 5) is 0. The molecular formula is C10H20O3. The molecule has 0 saturated carbocycles. The van der Waals surface area contributed by atoms with Gasteiger partial charge < -0.3 is 14.9 Å². The molecule has 1 saturated heterocycles. The first-order valence-corrected chi connectivity index (χ1v) is 5.12. The molecule has 2 atom stereocenters. The van der Waals surface area contributed by atoms with E-state index in [9.17, 15) is 0 Å². The molecule has 0 bridgehead atoms. The standard InChI is InChI=1S/C10H20O3/c1-2-10(5-3-4-6-11)8-13-9(10)7-12/h9,11-12H,2-8H2,1H3. The molecule has 1 fully saturated rings. The van der Waals surface area contributed by atoms with Crippen LogP contribution < -0.4 is 0 Å². The van der Waals surface area contributed by atoms with Gasteiger partial charge in [-0.25, -0.2) is 0 Å². The molecule has 78 valence electrons. The molecule has 1 aliphatic rings. The summed E-state index contributed by atoms with van der Waals surface area (Å²) in [5.74, 6) is 0. The summed E-state index contributed by atoms with van der Waals surface area (Å²) in [5, 5.41) is 17.7. The summed E-state index contributed by atoms with van der Waals surface area (Å²) in [6.07, 6.45) is 4.06. The normalized spacial score (nSPS) is 33.0. The van der Waals surface area contributed by atoms with Gasteiger partial charge in [0.2, 0.25) is 0 Å². The van der Waals surface area contributed by atoms with Crippen LogP contribution in [0, 0.1) is 5.41 Å². The van der Waals surface area contributed by atoms with Gasteiger partial charge in [0.05, 0.1) is 19.3 Å². The van der Waals surface area contributed by atoms with Crippen molar-refractivity contribution in [1.82, 2.24) is 0 Å². The Balaban J connectivity index is 2.32. The van der Waals surface area contributed by atoms with Crippen LogP contribution in [0.2, 0.25) is 0 Å². The maximum Gasteiger partial charge on any atom is 0.0883 e. The van der Waals surface area contributed by atoms with Crippen LogP contribution in [-0.2, 0) is 4.74 Å². The Bertz CT molecular complexity index is 143. The number of hydrogen-bond donors (Lipinski definition) is 2. The van der Waals surface area contributed by atoms with Crippen LogP contribution >= 0.6 is 0 Å². The van der Waals surface area contributed by atoms with Crippen molar-refractivity contribution in [2.45, 2.75) is 38.7 Å². The highest BCUT2D eigenvalue weighted by Gasteiger charge is 2.45. The molecule has 3 nitrogen and oxygen atoms in total. The monoisotopic (exact) mass is 188 g/mol. The second kappa shape index (κ2) is 4.94. The lowest BCUT2D eigenvalue weighted by Gasteiger charge is -2.48. The average Bonchev–Trinajstić information content (AvgIpc) is 2.12. The van der Waals surface area contributed by atoms with Crippen LogP contribution in [0.25, 0.3) is 0 Å². The third-order valence-corrected chi connectivity index (χ3v) is 3.21. The molecule has 0 aromatic carbocycles. The number of aliphatic hydroxyl groups is 2. The largest absolute Gasteiger partial charge is 0.396 e. The predicted octanol–water partition coefficient (Wildman–Crippen LogP) is 0.936.